The molecule has 0 bridgehead atoms. The molecular formula is C26H28FNO4. The standard InChI is InChI=1S/C26H28FNO4/c1-2-16-32-21-14-10-18(11-15-21)24(29)22-23(17-8-12-19(27)13-9-17)28(26(31)25(22)30)20-6-4-3-5-7-20/h8-15,20,23,29H,2-7,16H2,1H3/b24-22-. The van der Waals surface area contributed by atoms with Crippen LogP contribution in [0, 0.1) is 5.82 Å². The molecule has 1 aliphatic heterocycles. The third kappa shape index (κ3) is 4.27. The van der Waals surface area contributed by atoms with Gasteiger partial charge in [-0.3, -0.25) is 9.59 Å². The fourth-order valence-electron chi connectivity index (χ4n) is 4.64. The highest BCUT2D eigenvalue weighted by molar-refractivity contribution is 6.46. The van der Waals surface area contributed by atoms with Gasteiger partial charge in [0.15, 0.2) is 0 Å². The fourth-order valence-corrected chi connectivity index (χ4v) is 4.64. The Labute approximate surface area is 187 Å². The van der Waals surface area contributed by atoms with Crippen molar-refractivity contribution >= 4 is 17.4 Å². The molecule has 1 atom stereocenters. The van der Waals surface area contributed by atoms with Gasteiger partial charge >= 0.3 is 0 Å². The van der Waals surface area contributed by atoms with Crippen molar-refractivity contribution in [1.29, 1.82) is 0 Å². The lowest BCUT2D eigenvalue weighted by atomic mass is 9.91. The Hall–Kier alpha value is -3.15. The van der Waals surface area contributed by atoms with Crippen LogP contribution in [0.3, 0.4) is 0 Å². The van der Waals surface area contributed by atoms with E-state index in [9.17, 15) is 19.1 Å². The lowest BCUT2D eigenvalue weighted by Gasteiger charge is -2.35. The van der Waals surface area contributed by atoms with Gasteiger partial charge in [-0.1, -0.05) is 38.3 Å². The molecule has 1 saturated carbocycles. The predicted octanol–water partition coefficient (Wildman–Crippen LogP) is 5.37. The van der Waals surface area contributed by atoms with E-state index in [0.717, 1.165) is 38.5 Å². The third-order valence-electron chi connectivity index (χ3n) is 6.23. The van der Waals surface area contributed by atoms with E-state index < -0.39 is 23.5 Å². The molecule has 1 heterocycles. The van der Waals surface area contributed by atoms with Crippen molar-refractivity contribution < 1.29 is 23.8 Å². The zero-order chi connectivity index (χ0) is 22.7. The van der Waals surface area contributed by atoms with Gasteiger partial charge in [-0.25, -0.2) is 4.39 Å². The van der Waals surface area contributed by atoms with Crippen molar-refractivity contribution in [1.82, 2.24) is 4.90 Å². The molecule has 2 aromatic rings. The number of carbonyl (C=O) groups is 2. The van der Waals surface area contributed by atoms with Crippen molar-refractivity contribution in [3.8, 4) is 5.75 Å². The number of Topliss-reactive ketones (excluding diaryl/α,β-unsaturated/α-hetero) is 1. The molecule has 1 unspecified atom stereocenters. The number of ether oxygens (including phenoxy) is 1. The average Bonchev–Trinajstić information content (AvgIpc) is 3.09. The average molecular weight is 438 g/mol. The van der Waals surface area contributed by atoms with Gasteiger partial charge in [0, 0.05) is 11.6 Å². The van der Waals surface area contributed by atoms with Gasteiger partial charge in [0.1, 0.15) is 17.3 Å². The largest absolute Gasteiger partial charge is 0.507 e. The number of hydrogen-bond acceptors (Lipinski definition) is 4. The molecular weight excluding hydrogens is 409 g/mol. The smallest absolute Gasteiger partial charge is 0.295 e. The van der Waals surface area contributed by atoms with E-state index >= 15 is 0 Å². The number of rotatable bonds is 6. The molecule has 0 spiro atoms. The first-order valence-electron chi connectivity index (χ1n) is 11.3. The quantitative estimate of drug-likeness (QED) is 0.375. The summed E-state index contributed by atoms with van der Waals surface area (Å²) in [6.45, 7) is 2.60. The van der Waals surface area contributed by atoms with Crippen LogP contribution in [0.25, 0.3) is 5.76 Å². The second kappa shape index (κ2) is 9.55. The molecule has 2 aliphatic rings. The van der Waals surface area contributed by atoms with Crippen LogP contribution in [0.15, 0.2) is 54.1 Å². The first-order valence-corrected chi connectivity index (χ1v) is 11.3. The minimum absolute atomic E-state index is 0.0504. The van der Waals surface area contributed by atoms with Crippen LogP contribution in [0.4, 0.5) is 4.39 Å². The van der Waals surface area contributed by atoms with Crippen LogP contribution >= 0.6 is 0 Å². The molecule has 1 saturated heterocycles. The first-order chi connectivity index (χ1) is 15.5. The number of ketones is 1. The van der Waals surface area contributed by atoms with Crippen molar-refractivity contribution in [2.24, 2.45) is 0 Å². The van der Waals surface area contributed by atoms with Crippen molar-refractivity contribution in [2.75, 3.05) is 6.61 Å². The van der Waals surface area contributed by atoms with Crippen LogP contribution in [0.2, 0.25) is 0 Å². The Morgan fingerprint density at radius 2 is 1.69 bits per heavy atom. The molecule has 0 aromatic heterocycles. The molecule has 0 radical (unpaired) electrons. The zero-order valence-electron chi connectivity index (χ0n) is 18.2. The van der Waals surface area contributed by atoms with Crippen LogP contribution in [0.5, 0.6) is 5.75 Å². The number of carbonyl (C=O) groups excluding carboxylic acids is 2. The highest BCUT2D eigenvalue weighted by Gasteiger charge is 2.48. The number of aliphatic hydroxyl groups is 1. The third-order valence-corrected chi connectivity index (χ3v) is 6.23. The maximum atomic E-state index is 13.6. The number of amides is 1. The highest BCUT2D eigenvalue weighted by Crippen LogP contribution is 2.43. The molecule has 6 heteroatoms. The number of likely N-dealkylation sites (tertiary alicyclic amines) is 1. The maximum Gasteiger partial charge on any atom is 0.295 e. The lowest BCUT2D eigenvalue weighted by molar-refractivity contribution is -0.141. The summed E-state index contributed by atoms with van der Waals surface area (Å²) in [6.07, 6.45) is 5.59. The maximum absolute atomic E-state index is 13.6. The Balaban J connectivity index is 1.77. The molecule has 4 rings (SSSR count). The van der Waals surface area contributed by atoms with E-state index in [0.29, 0.717) is 23.5 Å². The summed E-state index contributed by atoms with van der Waals surface area (Å²) < 4.78 is 19.2. The van der Waals surface area contributed by atoms with Gasteiger partial charge in [0.25, 0.3) is 11.7 Å². The number of halogens is 1. The minimum Gasteiger partial charge on any atom is -0.507 e. The summed E-state index contributed by atoms with van der Waals surface area (Å²) in [5.74, 6) is -1.26. The van der Waals surface area contributed by atoms with E-state index in [1.807, 2.05) is 6.92 Å². The SMILES string of the molecule is CCCOc1ccc(/C(O)=C2/C(=O)C(=O)N(C3CCCCC3)C2c2ccc(F)cc2)cc1. The van der Waals surface area contributed by atoms with Gasteiger partial charge in [-0.2, -0.15) is 0 Å². The summed E-state index contributed by atoms with van der Waals surface area (Å²) in [7, 11) is 0. The van der Waals surface area contributed by atoms with Gasteiger partial charge < -0.3 is 14.7 Å². The van der Waals surface area contributed by atoms with Gasteiger partial charge in [-0.05, 0) is 61.2 Å². The van der Waals surface area contributed by atoms with Crippen molar-refractivity contribution in [3.63, 3.8) is 0 Å². The normalized spacial score (nSPS) is 21.2. The Morgan fingerprint density at radius 3 is 2.31 bits per heavy atom. The summed E-state index contributed by atoms with van der Waals surface area (Å²) in [4.78, 5) is 27.8. The van der Waals surface area contributed by atoms with Crippen LogP contribution in [0.1, 0.15) is 62.6 Å². The molecule has 168 valence electrons. The highest BCUT2D eigenvalue weighted by atomic mass is 19.1. The number of benzene rings is 2. The first kappa shape index (κ1) is 22.1. The molecule has 5 nitrogen and oxygen atoms in total. The summed E-state index contributed by atoms with van der Waals surface area (Å²) in [6, 6.07) is 11.8. The van der Waals surface area contributed by atoms with Crippen molar-refractivity contribution in [3.05, 3.63) is 71.0 Å². The molecule has 1 aliphatic carbocycles. The zero-order valence-corrected chi connectivity index (χ0v) is 18.2. The molecule has 2 fully saturated rings. The summed E-state index contributed by atoms with van der Waals surface area (Å²) in [5.41, 5.74) is 1.10. The number of aliphatic hydroxyl groups excluding tert-OH is 1. The topological polar surface area (TPSA) is 66.8 Å². The Bertz CT molecular complexity index is 1010. The second-order valence-corrected chi connectivity index (χ2v) is 8.42. The predicted molar refractivity (Wildman–Crippen MR) is 120 cm³/mol. The van der Waals surface area contributed by atoms with E-state index in [2.05, 4.69) is 0 Å². The van der Waals surface area contributed by atoms with E-state index in [1.165, 1.54) is 12.1 Å². The van der Waals surface area contributed by atoms with Crippen LogP contribution in [-0.2, 0) is 9.59 Å². The van der Waals surface area contributed by atoms with Crippen molar-refractivity contribution in [2.45, 2.75) is 57.5 Å². The summed E-state index contributed by atoms with van der Waals surface area (Å²) in [5, 5.41) is 11.1. The van der Waals surface area contributed by atoms with Crippen LogP contribution < -0.4 is 4.74 Å². The second-order valence-electron chi connectivity index (χ2n) is 8.42. The van der Waals surface area contributed by atoms with E-state index in [4.69, 9.17) is 4.74 Å². The Morgan fingerprint density at radius 1 is 1.03 bits per heavy atom. The lowest BCUT2D eigenvalue weighted by Crippen LogP contribution is -2.40. The van der Waals surface area contributed by atoms with Gasteiger partial charge in [0.2, 0.25) is 0 Å². The summed E-state index contributed by atoms with van der Waals surface area (Å²) >= 11 is 0. The Kier molecular flexibility index (Phi) is 6.58. The molecule has 1 N–H and O–H groups in total. The molecule has 1 amide bonds. The molecule has 32 heavy (non-hydrogen) atoms. The van der Waals surface area contributed by atoms with E-state index in [1.54, 1.807) is 41.3 Å². The number of hydrogen-bond donors (Lipinski definition) is 1. The van der Waals surface area contributed by atoms with Crippen LogP contribution in [-0.4, -0.2) is 34.3 Å². The van der Waals surface area contributed by atoms with Gasteiger partial charge in [0.05, 0.1) is 18.2 Å². The molecule has 2 aromatic carbocycles. The number of nitrogens with zero attached hydrogens (tertiary/aromatic N) is 1. The fraction of sp³-hybridized carbons (Fsp3) is 0.385. The van der Waals surface area contributed by atoms with E-state index in [-0.39, 0.29) is 17.4 Å². The monoisotopic (exact) mass is 437 g/mol. The minimum atomic E-state index is -0.741. The van der Waals surface area contributed by atoms with Gasteiger partial charge in [-0.15, -0.1) is 0 Å².